The minimum absolute atomic E-state index is 0.261. The first-order valence-electron chi connectivity index (χ1n) is 9.55. The predicted octanol–water partition coefficient (Wildman–Crippen LogP) is 3.57. The highest BCUT2D eigenvalue weighted by molar-refractivity contribution is 6.38. The van der Waals surface area contributed by atoms with Gasteiger partial charge in [0, 0.05) is 0 Å². The number of hydroxylamine groups is 2. The molecule has 0 fully saturated rings. The second-order valence-electron chi connectivity index (χ2n) is 7.54. The summed E-state index contributed by atoms with van der Waals surface area (Å²) in [4.78, 5) is 42.6. The number of benzene rings is 1. The second-order valence-corrected chi connectivity index (χ2v) is 7.54. The topological polar surface area (TPSA) is 75.7 Å². The third kappa shape index (κ3) is 7.51. The van der Waals surface area contributed by atoms with Crippen LogP contribution in [-0.2, 0) is 19.2 Å². The molecule has 1 rings (SSSR count). The minimum atomic E-state index is -0.935. The number of unbranched alkanes of at least 4 members (excludes halogenated alkanes) is 1. The molecule has 2 atom stereocenters. The molecule has 6 nitrogen and oxygen atoms in total. The van der Waals surface area contributed by atoms with Gasteiger partial charge in [0.2, 0.25) is 12.2 Å². The molecule has 0 radical (unpaired) electrons. The van der Waals surface area contributed by atoms with E-state index in [1.165, 1.54) is 0 Å². The van der Waals surface area contributed by atoms with Crippen LogP contribution in [0.5, 0.6) is 0 Å². The zero-order valence-corrected chi connectivity index (χ0v) is 17.0. The largest absolute Gasteiger partial charge is 0.343 e. The summed E-state index contributed by atoms with van der Waals surface area (Å²) < 4.78 is 0. The van der Waals surface area contributed by atoms with Crippen molar-refractivity contribution in [2.24, 2.45) is 0 Å². The number of Topliss-reactive ketones (excluding diaryl/α,β-unsaturated/α-hetero) is 1. The summed E-state index contributed by atoms with van der Waals surface area (Å²) in [6, 6.07) is 8.30. The lowest BCUT2D eigenvalue weighted by atomic mass is 10.0. The fourth-order valence-corrected chi connectivity index (χ4v) is 2.73. The van der Waals surface area contributed by atoms with Crippen LogP contribution in [0.25, 0.3) is 0 Å². The summed E-state index contributed by atoms with van der Waals surface area (Å²) in [5, 5.41) is 3.78. The maximum Gasteiger partial charge on any atom is 0.290 e. The van der Waals surface area contributed by atoms with Crippen LogP contribution in [0.3, 0.4) is 0 Å². The van der Waals surface area contributed by atoms with Crippen LogP contribution in [0, 0.1) is 0 Å². The van der Waals surface area contributed by atoms with Gasteiger partial charge in [-0.1, -0.05) is 57.0 Å². The van der Waals surface area contributed by atoms with Gasteiger partial charge < -0.3 is 5.32 Å². The number of amides is 2. The molecule has 0 heterocycles. The number of hydrogen-bond acceptors (Lipinski definition) is 4. The Kier molecular flexibility index (Phi) is 9.15. The molecule has 1 aromatic rings. The average molecular weight is 376 g/mol. The molecule has 0 saturated heterocycles. The number of rotatable bonds is 11. The average Bonchev–Trinajstić information content (AvgIpc) is 2.64. The van der Waals surface area contributed by atoms with Crippen molar-refractivity contribution in [3.8, 4) is 0 Å². The molecule has 0 aromatic heterocycles. The first-order valence-corrected chi connectivity index (χ1v) is 9.55. The van der Waals surface area contributed by atoms with E-state index in [2.05, 4.69) is 5.32 Å². The maximum atomic E-state index is 12.8. The maximum absolute atomic E-state index is 12.8. The van der Waals surface area contributed by atoms with Crippen molar-refractivity contribution < 1.29 is 19.2 Å². The van der Waals surface area contributed by atoms with Crippen LogP contribution < -0.4 is 5.32 Å². The van der Waals surface area contributed by atoms with E-state index in [-0.39, 0.29) is 6.04 Å². The van der Waals surface area contributed by atoms with Gasteiger partial charge in [0.15, 0.2) is 0 Å². The highest BCUT2D eigenvalue weighted by atomic mass is 16.7. The van der Waals surface area contributed by atoms with Crippen LogP contribution in [0.1, 0.15) is 71.9 Å². The fraction of sp³-hybridized carbons (Fsp3) is 0.571. The van der Waals surface area contributed by atoms with Crippen LogP contribution >= 0.6 is 0 Å². The van der Waals surface area contributed by atoms with E-state index in [9.17, 15) is 14.4 Å². The Bertz CT molecular complexity index is 610. The van der Waals surface area contributed by atoms with Crippen molar-refractivity contribution in [3.05, 3.63) is 35.9 Å². The van der Waals surface area contributed by atoms with Crippen molar-refractivity contribution in [3.63, 3.8) is 0 Å². The molecule has 0 aliphatic heterocycles. The Morgan fingerprint density at radius 3 is 2.30 bits per heavy atom. The lowest BCUT2D eigenvalue weighted by Gasteiger charge is -2.32. The van der Waals surface area contributed by atoms with Gasteiger partial charge in [-0.05, 0) is 39.2 Å². The first-order chi connectivity index (χ1) is 12.7. The molecule has 0 aliphatic carbocycles. The van der Waals surface area contributed by atoms with Crippen molar-refractivity contribution in [1.82, 2.24) is 10.4 Å². The van der Waals surface area contributed by atoms with Gasteiger partial charge in [0.1, 0.15) is 6.04 Å². The van der Waals surface area contributed by atoms with Gasteiger partial charge >= 0.3 is 0 Å². The highest BCUT2D eigenvalue weighted by Gasteiger charge is 2.33. The Morgan fingerprint density at radius 2 is 1.81 bits per heavy atom. The Labute approximate surface area is 162 Å². The Hall–Kier alpha value is -2.21. The van der Waals surface area contributed by atoms with Crippen LogP contribution in [0.15, 0.2) is 30.3 Å². The number of hydrogen-bond donors (Lipinski definition) is 1. The lowest BCUT2D eigenvalue weighted by molar-refractivity contribution is -0.231. The number of ketones is 1. The summed E-state index contributed by atoms with van der Waals surface area (Å²) >= 11 is 0. The van der Waals surface area contributed by atoms with E-state index in [0.29, 0.717) is 25.7 Å². The van der Waals surface area contributed by atoms with Crippen molar-refractivity contribution in [2.45, 2.75) is 78.0 Å². The molecular formula is C21H32N2O4. The molecule has 2 unspecified atom stereocenters. The summed E-state index contributed by atoms with van der Waals surface area (Å²) in [7, 11) is 0. The van der Waals surface area contributed by atoms with E-state index in [1.807, 2.05) is 44.2 Å². The van der Waals surface area contributed by atoms with Gasteiger partial charge in [-0.2, -0.15) is 0 Å². The SMILES string of the molecule is CCCCC(C(=O)C(=O)NC(CC)c1ccccc1)N(C=O)OC(C)(C)C. The molecule has 1 aromatic carbocycles. The molecule has 0 spiro atoms. The molecule has 2 amide bonds. The zero-order chi connectivity index (χ0) is 20.4. The summed E-state index contributed by atoms with van der Waals surface area (Å²) in [5.74, 6) is -1.36. The van der Waals surface area contributed by atoms with E-state index < -0.39 is 23.3 Å². The summed E-state index contributed by atoms with van der Waals surface area (Å²) in [5.41, 5.74) is 0.280. The Morgan fingerprint density at radius 1 is 1.19 bits per heavy atom. The Balaban J connectivity index is 2.95. The van der Waals surface area contributed by atoms with Gasteiger partial charge in [-0.3, -0.25) is 19.2 Å². The number of nitrogens with one attached hydrogen (secondary N) is 1. The third-order valence-electron chi connectivity index (χ3n) is 4.06. The van der Waals surface area contributed by atoms with Crippen LogP contribution in [-0.4, -0.2) is 34.8 Å². The van der Waals surface area contributed by atoms with Gasteiger partial charge in [-0.15, -0.1) is 0 Å². The van der Waals surface area contributed by atoms with Crippen molar-refractivity contribution in [1.29, 1.82) is 0 Å². The van der Waals surface area contributed by atoms with Gasteiger partial charge in [0.05, 0.1) is 11.6 Å². The third-order valence-corrected chi connectivity index (χ3v) is 4.06. The van der Waals surface area contributed by atoms with Crippen molar-refractivity contribution in [2.75, 3.05) is 0 Å². The van der Waals surface area contributed by atoms with E-state index in [1.54, 1.807) is 20.8 Å². The number of carbonyl (C=O) groups is 3. The number of carbonyl (C=O) groups excluding carboxylic acids is 3. The fourth-order valence-electron chi connectivity index (χ4n) is 2.73. The molecule has 1 N–H and O–H groups in total. The smallest absolute Gasteiger partial charge is 0.290 e. The summed E-state index contributed by atoms with van der Waals surface area (Å²) in [6.07, 6.45) is 3.05. The monoisotopic (exact) mass is 376 g/mol. The van der Waals surface area contributed by atoms with E-state index >= 15 is 0 Å². The zero-order valence-electron chi connectivity index (χ0n) is 17.0. The van der Waals surface area contributed by atoms with Gasteiger partial charge in [0.25, 0.3) is 5.91 Å². The van der Waals surface area contributed by atoms with Crippen LogP contribution in [0.2, 0.25) is 0 Å². The highest BCUT2D eigenvalue weighted by Crippen LogP contribution is 2.19. The first kappa shape index (κ1) is 22.8. The second kappa shape index (κ2) is 10.8. The normalized spacial score (nSPS) is 13.5. The standard InChI is InChI=1S/C21H32N2O4/c1-6-8-14-18(23(15-24)27-21(3,4)5)19(25)20(26)22-17(7-2)16-12-10-9-11-13-16/h9-13,15,17-18H,6-8,14H2,1-5H3,(H,22,26). The van der Waals surface area contributed by atoms with Gasteiger partial charge in [-0.25, -0.2) is 5.06 Å². The quantitative estimate of drug-likeness (QED) is 0.364. The molecule has 6 heteroatoms. The molecule has 0 bridgehead atoms. The molecular weight excluding hydrogens is 344 g/mol. The van der Waals surface area contributed by atoms with E-state index in [4.69, 9.17) is 4.84 Å². The lowest BCUT2D eigenvalue weighted by Crippen LogP contribution is -2.50. The number of nitrogens with zero attached hydrogens (tertiary/aromatic N) is 1. The molecule has 27 heavy (non-hydrogen) atoms. The van der Waals surface area contributed by atoms with Crippen LogP contribution in [0.4, 0.5) is 0 Å². The predicted molar refractivity (Wildman–Crippen MR) is 105 cm³/mol. The minimum Gasteiger partial charge on any atom is -0.343 e. The molecule has 0 aliphatic rings. The van der Waals surface area contributed by atoms with E-state index in [0.717, 1.165) is 17.0 Å². The molecule has 150 valence electrons. The molecule has 0 saturated carbocycles. The van der Waals surface area contributed by atoms with Crippen molar-refractivity contribution >= 4 is 18.1 Å². The summed E-state index contributed by atoms with van der Waals surface area (Å²) in [6.45, 7) is 9.28.